The first-order valence-electron chi connectivity index (χ1n) is 6.95. The molecule has 0 aromatic heterocycles. The molecule has 1 aromatic carbocycles. The number of benzene rings is 1. The second-order valence-corrected chi connectivity index (χ2v) is 5.25. The van der Waals surface area contributed by atoms with Crippen LogP contribution in [0.5, 0.6) is 0 Å². The van der Waals surface area contributed by atoms with Crippen LogP contribution in [0.15, 0.2) is 30.9 Å². The van der Waals surface area contributed by atoms with E-state index in [0.29, 0.717) is 19.7 Å². The Kier molecular flexibility index (Phi) is 4.93. The van der Waals surface area contributed by atoms with Crippen LogP contribution < -0.4 is 5.32 Å². The molecule has 4 nitrogen and oxygen atoms in total. The molecule has 1 aromatic rings. The number of nitrogens with one attached hydrogen (secondary N) is 1. The van der Waals surface area contributed by atoms with Gasteiger partial charge in [0.1, 0.15) is 6.04 Å². The van der Waals surface area contributed by atoms with Crippen LogP contribution >= 0.6 is 0 Å². The highest BCUT2D eigenvalue weighted by atomic mass is 16.7. The van der Waals surface area contributed by atoms with Gasteiger partial charge in [0.25, 0.3) is 0 Å². The summed E-state index contributed by atoms with van der Waals surface area (Å²) in [7, 11) is 0. The molecule has 0 spiro atoms. The lowest BCUT2D eigenvalue weighted by Crippen LogP contribution is -2.40. The summed E-state index contributed by atoms with van der Waals surface area (Å²) in [4.78, 5) is 17.5. The molecule has 0 bridgehead atoms. The first-order valence-corrected chi connectivity index (χ1v) is 6.95. The third-order valence-corrected chi connectivity index (χ3v) is 3.35. The molecule has 1 amide bonds. The average Bonchev–Trinajstić information content (AvgIpc) is 2.79. The molecule has 1 aliphatic rings. The molecule has 0 radical (unpaired) electrons. The third kappa shape index (κ3) is 3.68. The van der Waals surface area contributed by atoms with E-state index in [1.165, 1.54) is 11.1 Å². The summed E-state index contributed by atoms with van der Waals surface area (Å²) in [6, 6.07) is 6.19. The highest BCUT2D eigenvalue weighted by Gasteiger charge is 2.31. The van der Waals surface area contributed by atoms with Crippen LogP contribution in [0.3, 0.4) is 0 Å². The van der Waals surface area contributed by atoms with Gasteiger partial charge in [0.2, 0.25) is 5.91 Å². The monoisotopic (exact) mass is 274 g/mol. The first kappa shape index (κ1) is 14.8. The van der Waals surface area contributed by atoms with Gasteiger partial charge in [0.15, 0.2) is 0 Å². The van der Waals surface area contributed by atoms with Crippen molar-refractivity contribution in [2.24, 2.45) is 0 Å². The van der Waals surface area contributed by atoms with Gasteiger partial charge in [-0.25, -0.2) is 0 Å². The normalized spacial score (nSPS) is 18.4. The van der Waals surface area contributed by atoms with E-state index in [4.69, 9.17) is 4.84 Å². The predicted octanol–water partition coefficient (Wildman–Crippen LogP) is 2.11. The predicted molar refractivity (Wildman–Crippen MR) is 79.0 cm³/mol. The van der Waals surface area contributed by atoms with Gasteiger partial charge in [-0.15, -0.1) is 6.58 Å². The fraction of sp³-hybridized carbons (Fsp3) is 0.438. The maximum Gasteiger partial charge on any atom is 0.239 e. The van der Waals surface area contributed by atoms with E-state index in [-0.39, 0.29) is 11.9 Å². The van der Waals surface area contributed by atoms with Gasteiger partial charge in [-0.1, -0.05) is 35.4 Å². The number of hydrogen-bond acceptors (Lipinski definition) is 3. The van der Waals surface area contributed by atoms with Crippen molar-refractivity contribution in [3.05, 3.63) is 47.5 Å². The van der Waals surface area contributed by atoms with Gasteiger partial charge in [0.05, 0.1) is 13.2 Å². The molecule has 1 aliphatic heterocycles. The molecular weight excluding hydrogens is 252 g/mol. The lowest BCUT2D eigenvalue weighted by Gasteiger charge is -2.26. The maximum atomic E-state index is 11.8. The van der Waals surface area contributed by atoms with Crippen LogP contribution in [0.1, 0.15) is 23.1 Å². The van der Waals surface area contributed by atoms with E-state index in [1.54, 1.807) is 11.1 Å². The second-order valence-electron chi connectivity index (χ2n) is 5.25. The molecule has 0 saturated carbocycles. The van der Waals surface area contributed by atoms with Crippen molar-refractivity contribution in [3.63, 3.8) is 0 Å². The van der Waals surface area contributed by atoms with Crippen molar-refractivity contribution in [3.8, 4) is 0 Å². The topological polar surface area (TPSA) is 41.6 Å². The Morgan fingerprint density at radius 2 is 2.10 bits per heavy atom. The van der Waals surface area contributed by atoms with E-state index < -0.39 is 0 Å². The molecule has 1 N–H and O–H groups in total. The molecule has 1 saturated heterocycles. The zero-order valence-electron chi connectivity index (χ0n) is 12.2. The molecule has 1 heterocycles. The Hall–Kier alpha value is -1.65. The highest BCUT2D eigenvalue weighted by molar-refractivity contribution is 5.83. The highest BCUT2D eigenvalue weighted by Crippen LogP contribution is 2.17. The summed E-state index contributed by atoms with van der Waals surface area (Å²) in [6.45, 7) is 9.55. The number of hydroxylamine groups is 2. The number of rotatable bonds is 6. The SMILES string of the molecule is C=CCON(Cc1cc(C)cc(C)c1)C1CCNC1=O. The van der Waals surface area contributed by atoms with Gasteiger partial charge >= 0.3 is 0 Å². The second kappa shape index (κ2) is 6.68. The number of carbonyl (C=O) groups excluding carboxylic acids is 1. The number of hydrogen-bond donors (Lipinski definition) is 1. The van der Waals surface area contributed by atoms with E-state index in [9.17, 15) is 4.79 Å². The molecule has 0 aliphatic carbocycles. The van der Waals surface area contributed by atoms with E-state index in [0.717, 1.165) is 12.0 Å². The van der Waals surface area contributed by atoms with Gasteiger partial charge < -0.3 is 5.32 Å². The van der Waals surface area contributed by atoms with E-state index >= 15 is 0 Å². The quantitative estimate of drug-likeness (QED) is 0.638. The fourth-order valence-electron chi connectivity index (χ4n) is 2.59. The Bertz CT molecular complexity index is 479. The summed E-state index contributed by atoms with van der Waals surface area (Å²) in [5.41, 5.74) is 3.60. The van der Waals surface area contributed by atoms with Gasteiger partial charge in [-0.05, 0) is 25.8 Å². The van der Waals surface area contributed by atoms with Crippen molar-refractivity contribution in [2.75, 3.05) is 13.2 Å². The third-order valence-electron chi connectivity index (χ3n) is 3.35. The van der Waals surface area contributed by atoms with Crippen LogP contribution in [0.2, 0.25) is 0 Å². The minimum atomic E-state index is -0.212. The first-order chi connectivity index (χ1) is 9.60. The molecular formula is C16H22N2O2. The fourth-order valence-corrected chi connectivity index (χ4v) is 2.59. The van der Waals surface area contributed by atoms with Crippen LogP contribution in [0.25, 0.3) is 0 Å². The summed E-state index contributed by atoms with van der Waals surface area (Å²) in [6.07, 6.45) is 2.47. The largest absolute Gasteiger partial charge is 0.355 e. The molecule has 108 valence electrons. The van der Waals surface area contributed by atoms with E-state index in [1.807, 2.05) is 0 Å². The lowest BCUT2D eigenvalue weighted by atomic mass is 10.1. The molecule has 2 rings (SSSR count). The average molecular weight is 274 g/mol. The number of aryl methyl sites for hydroxylation is 2. The van der Waals surface area contributed by atoms with Gasteiger partial charge in [0, 0.05) is 6.54 Å². The van der Waals surface area contributed by atoms with Crippen molar-refractivity contribution < 1.29 is 9.63 Å². The van der Waals surface area contributed by atoms with Crippen LogP contribution in [0.4, 0.5) is 0 Å². The summed E-state index contributed by atoms with van der Waals surface area (Å²) >= 11 is 0. The Morgan fingerprint density at radius 1 is 1.40 bits per heavy atom. The standard InChI is InChI=1S/C16H22N2O2/c1-4-7-20-18(15-5-6-17-16(15)19)11-14-9-12(2)8-13(3)10-14/h4,8-10,15H,1,5-7,11H2,2-3H3,(H,17,19). The molecule has 1 fully saturated rings. The van der Waals surface area contributed by atoms with E-state index in [2.05, 4.69) is 43.9 Å². The molecule has 1 unspecified atom stereocenters. The Labute approximate surface area is 120 Å². The zero-order valence-corrected chi connectivity index (χ0v) is 12.2. The van der Waals surface area contributed by atoms with Crippen LogP contribution in [-0.4, -0.2) is 30.2 Å². The summed E-state index contributed by atoms with van der Waals surface area (Å²) in [5, 5.41) is 4.62. The molecule has 20 heavy (non-hydrogen) atoms. The van der Waals surface area contributed by atoms with Crippen molar-refractivity contribution in [1.29, 1.82) is 0 Å². The van der Waals surface area contributed by atoms with Crippen molar-refractivity contribution >= 4 is 5.91 Å². The molecule has 1 atom stereocenters. The lowest BCUT2D eigenvalue weighted by molar-refractivity contribution is -0.186. The van der Waals surface area contributed by atoms with Crippen molar-refractivity contribution in [2.45, 2.75) is 32.9 Å². The number of nitrogens with zero attached hydrogens (tertiary/aromatic N) is 1. The number of carbonyl (C=O) groups is 1. The smallest absolute Gasteiger partial charge is 0.239 e. The van der Waals surface area contributed by atoms with Crippen molar-refractivity contribution in [1.82, 2.24) is 10.4 Å². The van der Waals surface area contributed by atoms with Gasteiger partial charge in [-0.3, -0.25) is 9.63 Å². The van der Waals surface area contributed by atoms with Crippen LogP contribution in [-0.2, 0) is 16.2 Å². The molecule has 4 heteroatoms. The Morgan fingerprint density at radius 3 is 2.65 bits per heavy atom. The maximum absolute atomic E-state index is 11.8. The van der Waals surface area contributed by atoms with Gasteiger partial charge in [-0.2, -0.15) is 5.06 Å². The Balaban J connectivity index is 2.13. The summed E-state index contributed by atoms with van der Waals surface area (Å²) < 4.78 is 0. The number of amides is 1. The summed E-state index contributed by atoms with van der Waals surface area (Å²) in [5.74, 6) is 0.0402. The van der Waals surface area contributed by atoms with Crippen LogP contribution in [0, 0.1) is 13.8 Å². The minimum Gasteiger partial charge on any atom is -0.355 e. The minimum absolute atomic E-state index is 0.0402. The zero-order chi connectivity index (χ0) is 14.5.